The summed E-state index contributed by atoms with van der Waals surface area (Å²) in [6, 6.07) is 5.53. The number of carboxylic acid groups (broad SMARTS) is 1. The molecule has 1 aromatic rings. The molecule has 1 aliphatic rings. The van der Waals surface area contributed by atoms with E-state index in [-0.39, 0.29) is 12.5 Å². The maximum Gasteiger partial charge on any atom is 0.323 e. The van der Waals surface area contributed by atoms with E-state index in [1.807, 2.05) is 12.1 Å². The van der Waals surface area contributed by atoms with Gasteiger partial charge in [0.2, 0.25) is 5.91 Å². The van der Waals surface area contributed by atoms with Crippen LogP contribution in [0.1, 0.15) is 38.2 Å². The van der Waals surface area contributed by atoms with Gasteiger partial charge in [-0.1, -0.05) is 18.9 Å². The molecule has 1 fully saturated rings. The highest BCUT2D eigenvalue weighted by Gasteiger charge is 2.45. The van der Waals surface area contributed by atoms with Gasteiger partial charge in [-0.05, 0) is 37.5 Å². The van der Waals surface area contributed by atoms with Crippen LogP contribution in [0.4, 0.5) is 0 Å². The van der Waals surface area contributed by atoms with Crippen LogP contribution in [-0.2, 0) is 15.0 Å². The topological polar surface area (TPSA) is 76.1 Å². The molecule has 0 bridgehead atoms. The van der Waals surface area contributed by atoms with Crippen LogP contribution < -0.4 is 9.47 Å². The summed E-state index contributed by atoms with van der Waals surface area (Å²) in [7, 11) is 3.13. The molecule has 1 aliphatic carbocycles. The Labute approximate surface area is 142 Å². The van der Waals surface area contributed by atoms with Crippen molar-refractivity contribution in [2.24, 2.45) is 0 Å². The minimum absolute atomic E-state index is 0.114. The fourth-order valence-corrected chi connectivity index (χ4v) is 3.53. The second-order valence-corrected chi connectivity index (χ2v) is 6.07. The first kappa shape index (κ1) is 18.1. The molecule has 0 spiro atoms. The van der Waals surface area contributed by atoms with Crippen molar-refractivity contribution in [2.75, 3.05) is 27.3 Å². The van der Waals surface area contributed by atoms with Crippen LogP contribution in [0, 0.1) is 0 Å². The van der Waals surface area contributed by atoms with Gasteiger partial charge in [0.15, 0.2) is 11.5 Å². The fourth-order valence-electron chi connectivity index (χ4n) is 3.53. The van der Waals surface area contributed by atoms with Crippen molar-refractivity contribution in [1.82, 2.24) is 4.90 Å². The maximum atomic E-state index is 13.2. The fraction of sp³-hybridized carbons (Fsp3) is 0.556. The number of amides is 1. The Kier molecular flexibility index (Phi) is 5.70. The molecule has 0 aliphatic heterocycles. The summed E-state index contributed by atoms with van der Waals surface area (Å²) in [6.07, 6.45) is 3.34. The molecule has 1 amide bonds. The summed E-state index contributed by atoms with van der Waals surface area (Å²) in [6.45, 7) is 1.91. The number of carbonyl (C=O) groups is 2. The third kappa shape index (κ3) is 3.32. The second kappa shape index (κ2) is 7.55. The lowest BCUT2D eigenvalue weighted by atomic mass is 9.77. The average Bonchev–Trinajstić information content (AvgIpc) is 3.09. The number of hydrogen-bond acceptors (Lipinski definition) is 4. The number of carbonyl (C=O) groups excluding carboxylic acids is 1. The summed E-state index contributed by atoms with van der Waals surface area (Å²) >= 11 is 0. The van der Waals surface area contributed by atoms with E-state index in [0.29, 0.717) is 18.0 Å². The lowest BCUT2D eigenvalue weighted by Crippen LogP contribution is -2.47. The number of aliphatic carboxylic acids is 1. The first-order valence-corrected chi connectivity index (χ1v) is 8.22. The Bertz CT molecular complexity index is 607. The van der Waals surface area contributed by atoms with Crippen LogP contribution in [0.3, 0.4) is 0 Å². The highest BCUT2D eigenvalue weighted by Crippen LogP contribution is 2.44. The summed E-state index contributed by atoms with van der Waals surface area (Å²) < 4.78 is 10.6. The van der Waals surface area contributed by atoms with E-state index in [1.54, 1.807) is 27.2 Å². The highest BCUT2D eigenvalue weighted by atomic mass is 16.5. The number of ether oxygens (including phenoxy) is 2. The quantitative estimate of drug-likeness (QED) is 0.828. The Morgan fingerprint density at radius 2 is 1.79 bits per heavy atom. The monoisotopic (exact) mass is 335 g/mol. The molecule has 6 heteroatoms. The molecule has 1 aromatic carbocycles. The van der Waals surface area contributed by atoms with Crippen molar-refractivity contribution >= 4 is 11.9 Å². The van der Waals surface area contributed by atoms with E-state index >= 15 is 0 Å². The molecule has 2 rings (SSSR count). The number of methoxy groups -OCH3 is 2. The summed E-state index contributed by atoms with van der Waals surface area (Å²) in [5, 5.41) is 9.08. The van der Waals surface area contributed by atoms with Crippen LogP contribution in [0.2, 0.25) is 0 Å². The second-order valence-electron chi connectivity index (χ2n) is 6.07. The third-order valence-electron chi connectivity index (χ3n) is 4.80. The van der Waals surface area contributed by atoms with Gasteiger partial charge in [-0.2, -0.15) is 0 Å². The first-order valence-electron chi connectivity index (χ1n) is 8.22. The molecule has 24 heavy (non-hydrogen) atoms. The molecular formula is C18H25NO5. The molecule has 0 radical (unpaired) electrons. The van der Waals surface area contributed by atoms with Gasteiger partial charge in [-0.3, -0.25) is 9.59 Å². The van der Waals surface area contributed by atoms with Crippen molar-refractivity contribution in [1.29, 1.82) is 0 Å². The van der Waals surface area contributed by atoms with Crippen molar-refractivity contribution in [3.63, 3.8) is 0 Å². The van der Waals surface area contributed by atoms with Gasteiger partial charge in [-0.25, -0.2) is 0 Å². The predicted molar refractivity (Wildman–Crippen MR) is 89.6 cm³/mol. The summed E-state index contributed by atoms with van der Waals surface area (Å²) in [5.41, 5.74) is 0.192. The van der Waals surface area contributed by atoms with Crippen LogP contribution in [0.25, 0.3) is 0 Å². The first-order chi connectivity index (χ1) is 11.5. The summed E-state index contributed by atoms with van der Waals surface area (Å²) in [4.78, 5) is 25.7. The number of benzene rings is 1. The highest BCUT2D eigenvalue weighted by molar-refractivity contribution is 5.91. The van der Waals surface area contributed by atoms with Gasteiger partial charge in [0.05, 0.1) is 19.6 Å². The molecule has 1 saturated carbocycles. The van der Waals surface area contributed by atoms with Crippen LogP contribution in [0.5, 0.6) is 11.5 Å². The average molecular weight is 335 g/mol. The smallest absolute Gasteiger partial charge is 0.323 e. The van der Waals surface area contributed by atoms with Crippen molar-refractivity contribution in [2.45, 2.75) is 38.0 Å². The zero-order chi connectivity index (χ0) is 17.7. The molecule has 6 nitrogen and oxygen atoms in total. The van der Waals surface area contributed by atoms with Crippen LogP contribution >= 0.6 is 0 Å². The number of nitrogens with zero attached hydrogens (tertiary/aromatic N) is 1. The Morgan fingerprint density at radius 3 is 2.29 bits per heavy atom. The largest absolute Gasteiger partial charge is 0.493 e. The van der Waals surface area contributed by atoms with Crippen molar-refractivity contribution in [3.05, 3.63) is 23.8 Å². The van der Waals surface area contributed by atoms with E-state index < -0.39 is 11.4 Å². The van der Waals surface area contributed by atoms with E-state index in [0.717, 1.165) is 31.2 Å². The van der Waals surface area contributed by atoms with Crippen LogP contribution in [-0.4, -0.2) is 49.2 Å². The number of rotatable bonds is 7. The van der Waals surface area contributed by atoms with E-state index in [4.69, 9.17) is 14.6 Å². The van der Waals surface area contributed by atoms with Crippen molar-refractivity contribution < 1.29 is 24.2 Å². The van der Waals surface area contributed by atoms with Gasteiger partial charge in [0, 0.05) is 6.54 Å². The third-order valence-corrected chi connectivity index (χ3v) is 4.80. The minimum Gasteiger partial charge on any atom is -0.493 e. The van der Waals surface area contributed by atoms with Gasteiger partial charge >= 0.3 is 5.97 Å². The lowest BCUT2D eigenvalue weighted by molar-refractivity contribution is -0.147. The lowest BCUT2D eigenvalue weighted by Gasteiger charge is -2.34. The van der Waals surface area contributed by atoms with Gasteiger partial charge in [0.1, 0.15) is 6.54 Å². The normalized spacial score (nSPS) is 15.8. The predicted octanol–water partition coefficient (Wildman–Crippen LogP) is 2.45. The van der Waals surface area contributed by atoms with Crippen molar-refractivity contribution in [3.8, 4) is 11.5 Å². The molecule has 0 heterocycles. The number of likely N-dealkylation sites (N-methyl/N-ethyl adjacent to an activating group) is 1. The molecule has 0 unspecified atom stereocenters. The van der Waals surface area contributed by atoms with E-state index in [9.17, 15) is 9.59 Å². The Balaban J connectivity index is 2.44. The number of hydrogen-bond donors (Lipinski definition) is 1. The zero-order valence-corrected chi connectivity index (χ0v) is 14.5. The van der Waals surface area contributed by atoms with E-state index in [2.05, 4.69) is 0 Å². The Hall–Kier alpha value is -2.24. The van der Waals surface area contributed by atoms with Gasteiger partial charge < -0.3 is 19.5 Å². The van der Waals surface area contributed by atoms with E-state index in [1.165, 1.54) is 4.90 Å². The Morgan fingerprint density at radius 1 is 1.17 bits per heavy atom. The SMILES string of the molecule is CCN(CC(=O)O)C(=O)C1(c2ccc(OC)c(OC)c2)CCCC1. The molecule has 132 valence electrons. The van der Waals surface area contributed by atoms with Gasteiger partial charge in [0.25, 0.3) is 0 Å². The number of carboxylic acids is 1. The molecule has 0 saturated heterocycles. The van der Waals surface area contributed by atoms with Gasteiger partial charge in [-0.15, -0.1) is 0 Å². The molecular weight excluding hydrogens is 310 g/mol. The van der Waals surface area contributed by atoms with Crippen LogP contribution in [0.15, 0.2) is 18.2 Å². The zero-order valence-electron chi connectivity index (χ0n) is 14.5. The molecule has 0 atom stereocenters. The summed E-state index contributed by atoms with van der Waals surface area (Å²) in [5.74, 6) is 0.0814. The molecule has 1 N–H and O–H groups in total. The maximum absolute atomic E-state index is 13.2. The standard InChI is InChI=1S/C18H25NO5/c1-4-19(12-16(20)21)17(22)18(9-5-6-10-18)13-7-8-14(23-2)15(11-13)24-3/h7-8,11H,4-6,9-10,12H2,1-3H3,(H,20,21). The molecule has 0 aromatic heterocycles. The minimum atomic E-state index is -0.995.